The van der Waals surface area contributed by atoms with Crippen LogP contribution >= 0.6 is 0 Å². The van der Waals surface area contributed by atoms with Crippen LogP contribution in [0.4, 0.5) is 14.6 Å². The van der Waals surface area contributed by atoms with Gasteiger partial charge in [-0.05, 0) is 70.4 Å². The lowest BCUT2D eigenvalue weighted by atomic mass is 9.82. The zero-order valence-corrected chi connectivity index (χ0v) is 24.2. The first-order valence-electron chi connectivity index (χ1n) is 14.7. The lowest BCUT2D eigenvalue weighted by molar-refractivity contribution is -0.143. The molecule has 0 saturated carbocycles. The largest absolute Gasteiger partial charge is 0.496 e. The Morgan fingerprint density at radius 3 is 2.88 bits per heavy atom. The Morgan fingerprint density at radius 1 is 1.29 bits per heavy atom. The molecule has 2 aromatic rings. The van der Waals surface area contributed by atoms with Gasteiger partial charge in [-0.25, -0.2) is 13.8 Å². The standard InChI is InChI=1S/C31H41F2N3O5/c1-31(2,33)19-13-24-25(14-20(32)15-27(24)41-18-19)28(30(37)38)36-11-9-22(17-36)40-12-5-4-7-21-16-26(39-3)23-8-6-10-34-29(23)35-21/h14-16,19,22,28H,4-13,17-18H2,1-3H3,(H,34,35)(H,37,38)/t19?,22-,28-/m1/s1. The number of hydrogen-bond donors (Lipinski definition) is 2. The van der Waals surface area contributed by atoms with Gasteiger partial charge in [-0.2, -0.15) is 0 Å². The van der Waals surface area contributed by atoms with Gasteiger partial charge in [-0.3, -0.25) is 9.69 Å². The highest BCUT2D eigenvalue weighted by atomic mass is 19.1. The van der Waals surface area contributed by atoms with E-state index in [1.165, 1.54) is 26.0 Å². The molecule has 0 aliphatic carbocycles. The molecule has 41 heavy (non-hydrogen) atoms. The van der Waals surface area contributed by atoms with Gasteiger partial charge < -0.3 is 24.6 Å². The summed E-state index contributed by atoms with van der Waals surface area (Å²) in [5, 5.41) is 13.6. The van der Waals surface area contributed by atoms with Crippen LogP contribution in [0.5, 0.6) is 11.5 Å². The maximum Gasteiger partial charge on any atom is 0.325 e. The van der Waals surface area contributed by atoms with Crippen LogP contribution < -0.4 is 14.8 Å². The van der Waals surface area contributed by atoms with Crippen molar-refractivity contribution in [1.82, 2.24) is 9.88 Å². The first kappa shape index (κ1) is 29.5. The smallest absolute Gasteiger partial charge is 0.325 e. The number of anilines is 1. The summed E-state index contributed by atoms with van der Waals surface area (Å²) >= 11 is 0. The van der Waals surface area contributed by atoms with E-state index in [1.54, 1.807) is 7.11 Å². The molecular weight excluding hydrogens is 532 g/mol. The lowest BCUT2D eigenvalue weighted by Crippen LogP contribution is -2.38. The zero-order chi connectivity index (χ0) is 29.1. The van der Waals surface area contributed by atoms with Gasteiger partial charge in [0.25, 0.3) is 0 Å². The number of unbranched alkanes of at least 4 members (excludes halogenated alkanes) is 1. The highest BCUT2D eigenvalue weighted by Gasteiger charge is 2.40. The molecule has 10 heteroatoms. The number of carboxylic acid groups (broad SMARTS) is 1. The zero-order valence-electron chi connectivity index (χ0n) is 24.2. The third kappa shape index (κ3) is 6.75. The van der Waals surface area contributed by atoms with Crippen molar-refractivity contribution in [2.75, 3.05) is 45.3 Å². The molecule has 1 fully saturated rings. The predicted octanol–water partition coefficient (Wildman–Crippen LogP) is 5.13. The van der Waals surface area contributed by atoms with Crippen LogP contribution in [0.2, 0.25) is 0 Å². The van der Waals surface area contributed by atoms with Gasteiger partial charge in [0.05, 0.1) is 19.8 Å². The van der Waals surface area contributed by atoms with E-state index >= 15 is 0 Å². The molecule has 3 atom stereocenters. The Hall–Kier alpha value is -2.98. The average molecular weight is 574 g/mol. The van der Waals surface area contributed by atoms with Gasteiger partial charge >= 0.3 is 5.97 Å². The van der Waals surface area contributed by atoms with Crippen LogP contribution in [0, 0.1) is 11.7 Å². The summed E-state index contributed by atoms with van der Waals surface area (Å²) in [5.74, 6) is 0.0514. The van der Waals surface area contributed by atoms with E-state index in [0.29, 0.717) is 49.4 Å². The van der Waals surface area contributed by atoms with Gasteiger partial charge in [0.1, 0.15) is 34.8 Å². The Kier molecular flexibility index (Phi) is 8.99. The average Bonchev–Trinajstić information content (AvgIpc) is 3.39. The lowest BCUT2D eigenvalue weighted by Gasteiger charge is -2.35. The van der Waals surface area contributed by atoms with E-state index in [1.807, 2.05) is 11.0 Å². The number of nitrogens with zero attached hydrogens (tertiary/aromatic N) is 2. The van der Waals surface area contributed by atoms with Crippen molar-refractivity contribution >= 4 is 11.8 Å². The van der Waals surface area contributed by atoms with E-state index < -0.39 is 29.4 Å². The number of aromatic nitrogens is 1. The number of carbonyl (C=O) groups is 1. The monoisotopic (exact) mass is 573 g/mol. The molecule has 5 rings (SSSR count). The summed E-state index contributed by atoms with van der Waals surface area (Å²) in [6.45, 7) is 5.53. The fraction of sp³-hybridized carbons (Fsp3) is 0.613. The molecule has 0 spiro atoms. The second kappa shape index (κ2) is 12.5. The van der Waals surface area contributed by atoms with Crippen LogP contribution in [0.3, 0.4) is 0 Å². The van der Waals surface area contributed by atoms with E-state index in [4.69, 9.17) is 19.2 Å². The summed E-state index contributed by atoms with van der Waals surface area (Å²) in [6, 6.07) is 3.50. The van der Waals surface area contributed by atoms with E-state index in [2.05, 4.69) is 5.32 Å². The van der Waals surface area contributed by atoms with Crippen molar-refractivity contribution < 1.29 is 32.9 Å². The number of ether oxygens (including phenoxy) is 3. The maximum atomic E-state index is 14.8. The third-order valence-electron chi connectivity index (χ3n) is 8.57. The topological polar surface area (TPSA) is 93.2 Å². The van der Waals surface area contributed by atoms with Crippen molar-refractivity contribution in [3.8, 4) is 11.5 Å². The molecule has 0 radical (unpaired) electrons. The number of hydrogen-bond acceptors (Lipinski definition) is 7. The number of alkyl halides is 1. The Bertz CT molecular complexity index is 1230. The molecular formula is C31H41F2N3O5. The van der Waals surface area contributed by atoms with Crippen molar-refractivity contribution in [1.29, 1.82) is 0 Å². The summed E-state index contributed by atoms with van der Waals surface area (Å²) in [5.41, 5.74) is 1.55. The van der Waals surface area contributed by atoms with Crippen LogP contribution in [0.15, 0.2) is 18.2 Å². The molecule has 1 unspecified atom stereocenters. The number of aryl methyl sites for hydroxylation is 1. The number of halogens is 2. The van der Waals surface area contributed by atoms with E-state index in [-0.39, 0.29) is 12.7 Å². The molecule has 0 amide bonds. The van der Waals surface area contributed by atoms with E-state index in [0.717, 1.165) is 61.5 Å². The first-order chi connectivity index (χ1) is 19.6. The number of methoxy groups -OCH3 is 1. The number of pyridine rings is 1. The van der Waals surface area contributed by atoms with Crippen molar-refractivity contribution in [3.05, 3.63) is 46.4 Å². The molecule has 1 aromatic heterocycles. The molecule has 8 nitrogen and oxygen atoms in total. The Morgan fingerprint density at radius 2 is 2.12 bits per heavy atom. The van der Waals surface area contributed by atoms with Gasteiger partial charge in [0.15, 0.2) is 0 Å². The van der Waals surface area contributed by atoms with Gasteiger partial charge in [-0.1, -0.05) is 0 Å². The minimum atomic E-state index is -1.51. The van der Waals surface area contributed by atoms with Gasteiger partial charge in [0.2, 0.25) is 0 Å². The van der Waals surface area contributed by atoms with Gasteiger partial charge in [0, 0.05) is 61.1 Å². The van der Waals surface area contributed by atoms with Crippen LogP contribution in [-0.2, 0) is 28.8 Å². The van der Waals surface area contributed by atoms with Crippen LogP contribution in [0.1, 0.15) is 68.0 Å². The first-order valence-corrected chi connectivity index (χ1v) is 14.7. The molecule has 2 N–H and O–H groups in total. The molecule has 0 bridgehead atoms. The Labute approximate surface area is 240 Å². The van der Waals surface area contributed by atoms with Crippen LogP contribution in [-0.4, -0.2) is 72.7 Å². The van der Waals surface area contributed by atoms with Crippen molar-refractivity contribution in [3.63, 3.8) is 0 Å². The fourth-order valence-corrected chi connectivity index (χ4v) is 6.20. The quantitative estimate of drug-likeness (QED) is 0.358. The SMILES string of the molecule is COc1cc(CCCCO[C@@H]2CCN([C@@H](C(=O)O)c3cc(F)cc4c3CC(C(C)(C)F)CO4)C2)nc2c1CCCN2. The highest BCUT2D eigenvalue weighted by molar-refractivity contribution is 5.77. The molecule has 4 heterocycles. The summed E-state index contributed by atoms with van der Waals surface area (Å²) in [7, 11) is 1.69. The number of nitrogens with one attached hydrogen (secondary N) is 1. The summed E-state index contributed by atoms with van der Waals surface area (Å²) < 4.78 is 46.7. The summed E-state index contributed by atoms with van der Waals surface area (Å²) in [6.07, 6.45) is 5.49. The van der Waals surface area contributed by atoms with Crippen molar-refractivity contribution in [2.24, 2.45) is 5.92 Å². The molecule has 1 saturated heterocycles. The number of benzene rings is 1. The fourth-order valence-electron chi connectivity index (χ4n) is 6.20. The highest BCUT2D eigenvalue weighted by Crippen LogP contribution is 2.40. The van der Waals surface area contributed by atoms with Crippen LogP contribution in [0.25, 0.3) is 0 Å². The second-order valence-electron chi connectivity index (χ2n) is 11.9. The Balaban J connectivity index is 1.17. The minimum Gasteiger partial charge on any atom is -0.496 e. The number of rotatable bonds is 11. The predicted molar refractivity (Wildman–Crippen MR) is 151 cm³/mol. The number of carboxylic acids is 1. The minimum absolute atomic E-state index is 0.110. The normalized spacial score (nSPS) is 21.4. The van der Waals surface area contributed by atoms with E-state index in [9.17, 15) is 18.7 Å². The number of likely N-dealkylation sites (tertiary alicyclic amines) is 1. The molecule has 3 aliphatic heterocycles. The maximum absolute atomic E-state index is 14.8. The third-order valence-corrected chi connectivity index (χ3v) is 8.57. The van der Waals surface area contributed by atoms with Crippen molar-refractivity contribution in [2.45, 2.75) is 76.6 Å². The molecule has 1 aromatic carbocycles. The second-order valence-corrected chi connectivity index (χ2v) is 11.9. The number of aliphatic carboxylic acids is 1. The number of fused-ring (bicyclic) bond motifs is 2. The molecule has 3 aliphatic rings. The summed E-state index contributed by atoms with van der Waals surface area (Å²) in [4.78, 5) is 19.1. The van der Waals surface area contributed by atoms with Gasteiger partial charge in [-0.15, -0.1) is 0 Å². The molecule has 224 valence electrons.